The second kappa shape index (κ2) is 8.00. The molecule has 1 aromatic heterocycles. The van der Waals surface area contributed by atoms with Gasteiger partial charge in [0.15, 0.2) is 11.5 Å². The first-order chi connectivity index (χ1) is 10.2. The number of thiazole rings is 1. The fraction of sp³-hybridized carbons (Fsp3) is 0.438. The molecule has 1 N–H and O–H groups in total. The number of para-hydroxylation sites is 2. The lowest BCUT2D eigenvalue weighted by atomic mass is 10.2. The Morgan fingerprint density at radius 3 is 2.71 bits per heavy atom. The Balaban J connectivity index is 1.85. The number of hydrogen-bond acceptors (Lipinski definition) is 5. The van der Waals surface area contributed by atoms with Crippen molar-refractivity contribution in [3.63, 3.8) is 0 Å². The summed E-state index contributed by atoms with van der Waals surface area (Å²) in [7, 11) is 1.64. The van der Waals surface area contributed by atoms with Gasteiger partial charge in [-0.2, -0.15) is 0 Å². The summed E-state index contributed by atoms with van der Waals surface area (Å²) in [4.78, 5) is 5.63. The third kappa shape index (κ3) is 5.02. The van der Waals surface area contributed by atoms with Crippen molar-refractivity contribution in [3.8, 4) is 11.5 Å². The van der Waals surface area contributed by atoms with Crippen molar-refractivity contribution in [1.29, 1.82) is 0 Å². The summed E-state index contributed by atoms with van der Waals surface area (Å²) in [5.74, 6) is 2.15. The van der Waals surface area contributed by atoms with Gasteiger partial charge in [-0.25, -0.2) is 4.98 Å². The van der Waals surface area contributed by atoms with Crippen LogP contribution in [-0.2, 0) is 13.2 Å². The largest absolute Gasteiger partial charge is 0.493 e. The van der Waals surface area contributed by atoms with Gasteiger partial charge in [0.05, 0.1) is 7.11 Å². The molecule has 0 fully saturated rings. The molecule has 4 nitrogen and oxygen atoms in total. The number of methoxy groups -OCH3 is 1. The third-order valence-electron chi connectivity index (χ3n) is 2.87. The first-order valence-electron chi connectivity index (χ1n) is 7.09. The monoisotopic (exact) mass is 306 g/mol. The van der Waals surface area contributed by atoms with E-state index in [2.05, 4.69) is 24.1 Å². The fourth-order valence-electron chi connectivity index (χ4n) is 1.86. The summed E-state index contributed by atoms with van der Waals surface area (Å²) >= 11 is 1.68. The molecule has 0 spiro atoms. The Morgan fingerprint density at radius 2 is 2.00 bits per heavy atom. The summed E-state index contributed by atoms with van der Waals surface area (Å²) in [5.41, 5.74) is 0. The quantitative estimate of drug-likeness (QED) is 0.811. The normalized spacial score (nSPS) is 10.9. The lowest BCUT2D eigenvalue weighted by Crippen LogP contribution is -2.18. The number of hydrogen-bond donors (Lipinski definition) is 1. The van der Waals surface area contributed by atoms with E-state index in [0.717, 1.165) is 29.6 Å². The minimum absolute atomic E-state index is 0.467. The van der Waals surface area contributed by atoms with Gasteiger partial charge in [-0.15, -0.1) is 11.3 Å². The van der Waals surface area contributed by atoms with Gasteiger partial charge < -0.3 is 14.8 Å². The van der Waals surface area contributed by atoms with Gasteiger partial charge in [0.1, 0.15) is 11.6 Å². The second-order valence-corrected chi connectivity index (χ2v) is 6.38. The first kappa shape index (κ1) is 15.8. The average molecular weight is 306 g/mol. The number of aromatic nitrogens is 1. The summed E-state index contributed by atoms with van der Waals surface area (Å²) in [6.45, 7) is 6.75. The van der Waals surface area contributed by atoms with Crippen molar-refractivity contribution in [2.24, 2.45) is 5.92 Å². The van der Waals surface area contributed by atoms with E-state index in [-0.39, 0.29) is 0 Å². The Labute approximate surface area is 130 Å². The van der Waals surface area contributed by atoms with E-state index < -0.39 is 0 Å². The highest BCUT2D eigenvalue weighted by molar-refractivity contribution is 7.11. The standard InChI is InChI=1S/C16H22N2O2S/c1-12(2)8-17-9-13-10-18-16(21-13)11-20-15-7-5-4-6-14(15)19-3/h4-7,10,12,17H,8-9,11H2,1-3H3. The fourth-order valence-corrected chi connectivity index (χ4v) is 2.66. The van der Waals surface area contributed by atoms with Crippen molar-refractivity contribution in [2.75, 3.05) is 13.7 Å². The molecule has 0 atom stereocenters. The SMILES string of the molecule is COc1ccccc1OCc1ncc(CNCC(C)C)s1. The molecule has 0 bridgehead atoms. The average Bonchev–Trinajstić information content (AvgIpc) is 2.93. The van der Waals surface area contributed by atoms with Gasteiger partial charge in [-0.1, -0.05) is 26.0 Å². The molecule has 2 rings (SSSR count). The van der Waals surface area contributed by atoms with E-state index in [9.17, 15) is 0 Å². The molecule has 0 radical (unpaired) electrons. The molecule has 1 heterocycles. The lowest BCUT2D eigenvalue weighted by Gasteiger charge is -2.08. The highest BCUT2D eigenvalue weighted by atomic mass is 32.1. The maximum atomic E-state index is 5.77. The molecule has 21 heavy (non-hydrogen) atoms. The summed E-state index contributed by atoms with van der Waals surface area (Å²) < 4.78 is 11.0. The molecule has 1 aromatic carbocycles. The maximum Gasteiger partial charge on any atom is 0.161 e. The third-order valence-corrected chi connectivity index (χ3v) is 3.84. The number of nitrogens with zero attached hydrogens (tertiary/aromatic N) is 1. The molecule has 5 heteroatoms. The van der Waals surface area contributed by atoms with Gasteiger partial charge in [0.2, 0.25) is 0 Å². The van der Waals surface area contributed by atoms with Crippen molar-refractivity contribution >= 4 is 11.3 Å². The second-order valence-electron chi connectivity index (χ2n) is 5.18. The van der Waals surface area contributed by atoms with Gasteiger partial charge in [-0.05, 0) is 24.6 Å². The van der Waals surface area contributed by atoms with Gasteiger partial charge in [0.25, 0.3) is 0 Å². The zero-order chi connectivity index (χ0) is 15.1. The lowest BCUT2D eigenvalue weighted by molar-refractivity contribution is 0.284. The Bertz CT molecular complexity index is 555. The molecule has 0 unspecified atom stereocenters. The Kier molecular flexibility index (Phi) is 6.02. The van der Waals surface area contributed by atoms with Crippen molar-refractivity contribution in [3.05, 3.63) is 40.3 Å². The van der Waals surface area contributed by atoms with Crippen LogP contribution >= 0.6 is 11.3 Å². The van der Waals surface area contributed by atoms with E-state index in [0.29, 0.717) is 12.5 Å². The minimum atomic E-state index is 0.467. The Morgan fingerprint density at radius 1 is 1.24 bits per heavy atom. The van der Waals surface area contributed by atoms with Gasteiger partial charge in [-0.3, -0.25) is 0 Å². The van der Waals surface area contributed by atoms with Crippen LogP contribution in [0.25, 0.3) is 0 Å². The van der Waals surface area contributed by atoms with E-state index in [1.807, 2.05) is 30.5 Å². The summed E-state index contributed by atoms with van der Waals surface area (Å²) in [6.07, 6.45) is 1.92. The molecule has 0 saturated heterocycles. The molecular formula is C16H22N2O2S. The first-order valence-corrected chi connectivity index (χ1v) is 7.90. The highest BCUT2D eigenvalue weighted by Gasteiger charge is 2.06. The molecular weight excluding hydrogens is 284 g/mol. The highest BCUT2D eigenvalue weighted by Crippen LogP contribution is 2.27. The van der Waals surface area contributed by atoms with Crippen molar-refractivity contribution in [2.45, 2.75) is 27.0 Å². The van der Waals surface area contributed by atoms with Crippen LogP contribution in [0.5, 0.6) is 11.5 Å². The van der Waals surface area contributed by atoms with Crippen LogP contribution in [0, 0.1) is 5.92 Å². The zero-order valence-corrected chi connectivity index (χ0v) is 13.6. The van der Waals surface area contributed by atoms with Crippen LogP contribution in [-0.4, -0.2) is 18.6 Å². The predicted molar refractivity (Wildman–Crippen MR) is 86.0 cm³/mol. The summed E-state index contributed by atoms with van der Waals surface area (Å²) in [6, 6.07) is 7.64. The van der Waals surface area contributed by atoms with E-state index >= 15 is 0 Å². The maximum absolute atomic E-state index is 5.77. The molecule has 0 amide bonds. The molecule has 0 saturated carbocycles. The predicted octanol–water partition coefficient (Wildman–Crippen LogP) is 3.48. The van der Waals surface area contributed by atoms with Crippen LogP contribution in [0.2, 0.25) is 0 Å². The van der Waals surface area contributed by atoms with Gasteiger partial charge in [0, 0.05) is 17.6 Å². The molecule has 0 aliphatic heterocycles. The van der Waals surface area contributed by atoms with E-state index in [1.165, 1.54) is 4.88 Å². The van der Waals surface area contributed by atoms with Crippen molar-refractivity contribution < 1.29 is 9.47 Å². The smallest absolute Gasteiger partial charge is 0.161 e. The molecule has 114 valence electrons. The van der Waals surface area contributed by atoms with Crippen LogP contribution < -0.4 is 14.8 Å². The minimum Gasteiger partial charge on any atom is -0.493 e. The molecule has 0 aliphatic rings. The summed E-state index contributed by atoms with van der Waals surface area (Å²) in [5, 5.41) is 4.39. The Hall–Kier alpha value is -1.59. The van der Waals surface area contributed by atoms with Gasteiger partial charge >= 0.3 is 0 Å². The van der Waals surface area contributed by atoms with Crippen molar-refractivity contribution in [1.82, 2.24) is 10.3 Å². The topological polar surface area (TPSA) is 43.4 Å². The zero-order valence-electron chi connectivity index (χ0n) is 12.8. The number of ether oxygens (including phenoxy) is 2. The van der Waals surface area contributed by atoms with E-state index in [1.54, 1.807) is 18.4 Å². The van der Waals surface area contributed by atoms with Crippen LogP contribution in [0.1, 0.15) is 23.7 Å². The molecule has 0 aliphatic carbocycles. The number of rotatable bonds is 8. The number of nitrogens with one attached hydrogen (secondary N) is 1. The molecule has 2 aromatic rings. The van der Waals surface area contributed by atoms with Crippen LogP contribution in [0.15, 0.2) is 30.5 Å². The van der Waals surface area contributed by atoms with Crippen LogP contribution in [0.4, 0.5) is 0 Å². The van der Waals surface area contributed by atoms with Crippen LogP contribution in [0.3, 0.4) is 0 Å². The van der Waals surface area contributed by atoms with E-state index in [4.69, 9.17) is 9.47 Å². The number of benzene rings is 1.